The van der Waals surface area contributed by atoms with E-state index in [1.807, 2.05) is 36.4 Å². The summed E-state index contributed by atoms with van der Waals surface area (Å²) in [4.78, 5) is 11.2. The standard InChI is InChI=1S/C14H17N3O2/c1-19-12-5-4-9-6-11(3-2-10(9)7-12)13(15)8-14(18)17-16/h2-7,13H,8,15-16H2,1H3,(H,17,18). The highest BCUT2D eigenvalue weighted by Gasteiger charge is 2.11. The van der Waals surface area contributed by atoms with Crippen LogP contribution in [0.5, 0.6) is 5.75 Å². The first-order valence-corrected chi connectivity index (χ1v) is 5.97. The summed E-state index contributed by atoms with van der Waals surface area (Å²) >= 11 is 0. The molecule has 2 aromatic carbocycles. The van der Waals surface area contributed by atoms with Crippen LogP contribution in [-0.2, 0) is 4.79 Å². The second-order valence-electron chi connectivity index (χ2n) is 4.35. The Bertz CT molecular complexity index is 598. The van der Waals surface area contributed by atoms with Crippen molar-refractivity contribution in [1.29, 1.82) is 0 Å². The monoisotopic (exact) mass is 259 g/mol. The minimum atomic E-state index is -0.366. The molecule has 5 N–H and O–H groups in total. The van der Waals surface area contributed by atoms with Gasteiger partial charge in [0.25, 0.3) is 0 Å². The van der Waals surface area contributed by atoms with Gasteiger partial charge in [0.05, 0.1) is 7.11 Å². The number of fused-ring (bicyclic) bond motifs is 1. The minimum absolute atomic E-state index is 0.165. The Balaban J connectivity index is 2.28. The van der Waals surface area contributed by atoms with Crippen LogP contribution in [0, 0.1) is 0 Å². The highest BCUT2D eigenvalue weighted by atomic mass is 16.5. The SMILES string of the molecule is COc1ccc2cc(C(N)CC(=O)NN)ccc2c1. The molecular formula is C14H17N3O2. The second-order valence-corrected chi connectivity index (χ2v) is 4.35. The molecule has 0 spiro atoms. The third-order valence-electron chi connectivity index (χ3n) is 3.07. The minimum Gasteiger partial charge on any atom is -0.497 e. The van der Waals surface area contributed by atoms with Gasteiger partial charge < -0.3 is 10.5 Å². The molecule has 1 unspecified atom stereocenters. The molecule has 1 amide bonds. The first-order valence-electron chi connectivity index (χ1n) is 5.97. The van der Waals surface area contributed by atoms with E-state index in [0.717, 1.165) is 22.1 Å². The van der Waals surface area contributed by atoms with Crippen molar-refractivity contribution in [3.8, 4) is 5.75 Å². The van der Waals surface area contributed by atoms with Crippen molar-refractivity contribution in [2.75, 3.05) is 7.11 Å². The molecule has 100 valence electrons. The summed E-state index contributed by atoms with van der Waals surface area (Å²) in [5.41, 5.74) is 8.96. The van der Waals surface area contributed by atoms with Gasteiger partial charge >= 0.3 is 0 Å². The molecule has 0 aliphatic rings. The predicted octanol–water partition coefficient (Wildman–Crippen LogP) is 1.23. The van der Waals surface area contributed by atoms with Crippen LogP contribution in [0.3, 0.4) is 0 Å². The number of benzene rings is 2. The van der Waals surface area contributed by atoms with Gasteiger partial charge in [0.2, 0.25) is 5.91 Å². The lowest BCUT2D eigenvalue weighted by Crippen LogP contribution is -2.32. The van der Waals surface area contributed by atoms with Gasteiger partial charge in [-0.15, -0.1) is 0 Å². The van der Waals surface area contributed by atoms with Crippen molar-refractivity contribution in [3.63, 3.8) is 0 Å². The summed E-state index contributed by atoms with van der Waals surface area (Å²) in [7, 11) is 1.64. The molecule has 0 radical (unpaired) electrons. The molecule has 2 rings (SSSR count). The van der Waals surface area contributed by atoms with E-state index in [4.69, 9.17) is 16.3 Å². The molecule has 19 heavy (non-hydrogen) atoms. The zero-order valence-electron chi connectivity index (χ0n) is 10.7. The fraction of sp³-hybridized carbons (Fsp3) is 0.214. The lowest BCUT2D eigenvalue weighted by molar-refractivity contribution is -0.121. The number of methoxy groups -OCH3 is 1. The number of ether oxygens (including phenoxy) is 1. The number of hydrogen-bond acceptors (Lipinski definition) is 4. The molecule has 1 atom stereocenters. The summed E-state index contributed by atoms with van der Waals surface area (Å²) in [6.07, 6.45) is 0.165. The Labute approximate surface area is 111 Å². The fourth-order valence-electron chi connectivity index (χ4n) is 1.98. The molecule has 0 bridgehead atoms. The van der Waals surface area contributed by atoms with Gasteiger partial charge in [-0.2, -0.15) is 0 Å². The molecule has 2 aromatic rings. The third-order valence-corrected chi connectivity index (χ3v) is 3.07. The van der Waals surface area contributed by atoms with E-state index in [0.29, 0.717) is 0 Å². The van der Waals surface area contributed by atoms with Gasteiger partial charge in [-0.1, -0.05) is 18.2 Å². The average Bonchev–Trinajstić information content (AvgIpc) is 2.45. The fourth-order valence-corrected chi connectivity index (χ4v) is 1.98. The highest BCUT2D eigenvalue weighted by Crippen LogP contribution is 2.24. The molecular weight excluding hydrogens is 242 g/mol. The van der Waals surface area contributed by atoms with Crippen LogP contribution in [0.15, 0.2) is 36.4 Å². The summed E-state index contributed by atoms with van der Waals surface area (Å²) in [5.74, 6) is 5.59. The quantitative estimate of drug-likeness (QED) is 0.437. The van der Waals surface area contributed by atoms with Crippen LogP contribution in [0.1, 0.15) is 18.0 Å². The van der Waals surface area contributed by atoms with Crippen LogP contribution >= 0.6 is 0 Å². The third kappa shape index (κ3) is 3.01. The number of amides is 1. The smallest absolute Gasteiger partial charge is 0.235 e. The van der Waals surface area contributed by atoms with Crippen LogP contribution in [0.4, 0.5) is 0 Å². The molecule has 0 heterocycles. The molecule has 0 saturated carbocycles. The summed E-state index contributed by atoms with van der Waals surface area (Å²) in [6, 6.07) is 11.3. The van der Waals surface area contributed by atoms with Gasteiger partial charge in [0, 0.05) is 12.5 Å². The first-order chi connectivity index (χ1) is 9.13. The van der Waals surface area contributed by atoms with Crippen molar-refractivity contribution in [1.82, 2.24) is 5.43 Å². The van der Waals surface area contributed by atoms with Crippen LogP contribution in [-0.4, -0.2) is 13.0 Å². The maximum absolute atomic E-state index is 11.2. The number of rotatable bonds is 4. The highest BCUT2D eigenvalue weighted by molar-refractivity contribution is 5.85. The Kier molecular flexibility index (Phi) is 3.99. The summed E-state index contributed by atoms with van der Waals surface area (Å²) in [6.45, 7) is 0. The number of nitrogens with one attached hydrogen (secondary N) is 1. The Morgan fingerprint density at radius 2 is 1.95 bits per heavy atom. The average molecular weight is 259 g/mol. The van der Waals surface area contributed by atoms with E-state index >= 15 is 0 Å². The number of carbonyl (C=O) groups is 1. The number of hydrazine groups is 1. The second kappa shape index (κ2) is 5.69. The van der Waals surface area contributed by atoms with Crippen LogP contribution in [0.25, 0.3) is 10.8 Å². The number of hydrogen-bond donors (Lipinski definition) is 3. The molecule has 5 nitrogen and oxygen atoms in total. The predicted molar refractivity (Wildman–Crippen MR) is 74.4 cm³/mol. The Hall–Kier alpha value is -2.11. The summed E-state index contributed by atoms with van der Waals surface area (Å²) < 4.78 is 5.18. The van der Waals surface area contributed by atoms with Gasteiger partial charge in [-0.25, -0.2) is 5.84 Å². The zero-order valence-corrected chi connectivity index (χ0v) is 10.7. The molecule has 0 aromatic heterocycles. The largest absolute Gasteiger partial charge is 0.497 e. The van der Waals surface area contributed by atoms with Crippen molar-refractivity contribution in [2.24, 2.45) is 11.6 Å². The molecule has 0 fully saturated rings. The van der Waals surface area contributed by atoms with Crippen molar-refractivity contribution < 1.29 is 9.53 Å². The van der Waals surface area contributed by atoms with E-state index in [9.17, 15) is 4.79 Å². The van der Waals surface area contributed by atoms with E-state index in [1.165, 1.54) is 0 Å². The van der Waals surface area contributed by atoms with E-state index in [1.54, 1.807) is 7.11 Å². The van der Waals surface area contributed by atoms with Crippen molar-refractivity contribution in [2.45, 2.75) is 12.5 Å². The van der Waals surface area contributed by atoms with Gasteiger partial charge in [0.1, 0.15) is 5.75 Å². The molecule has 0 saturated heterocycles. The van der Waals surface area contributed by atoms with Gasteiger partial charge in [-0.05, 0) is 34.5 Å². The topological polar surface area (TPSA) is 90.4 Å². The Morgan fingerprint density at radius 3 is 2.63 bits per heavy atom. The van der Waals surface area contributed by atoms with E-state index in [-0.39, 0.29) is 18.4 Å². The van der Waals surface area contributed by atoms with Gasteiger partial charge in [0.15, 0.2) is 0 Å². The molecule has 0 aliphatic carbocycles. The molecule has 5 heteroatoms. The maximum Gasteiger partial charge on any atom is 0.235 e. The van der Waals surface area contributed by atoms with Gasteiger partial charge in [-0.3, -0.25) is 10.2 Å². The lowest BCUT2D eigenvalue weighted by Gasteiger charge is -2.12. The first kappa shape index (κ1) is 13.3. The van der Waals surface area contributed by atoms with Crippen molar-refractivity contribution in [3.05, 3.63) is 42.0 Å². The van der Waals surface area contributed by atoms with E-state index in [2.05, 4.69) is 5.43 Å². The zero-order chi connectivity index (χ0) is 13.8. The summed E-state index contributed by atoms with van der Waals surface area (Å²) in [5, 5.41) is 2.13. The normalized spacial score (nSPS) is 12.2. The Morgan fingerprint density at radius 1 is 1.26 bits per heavy atom. The lowest BCUT2D eigenvalue weighted by atomic mass is 10.00. The van der Waals surface area contributed by atoms with E-state index < -0.39 is 0 Å². The molecule has 0 aliphatic heterocycles. The number of nitrogens with two attached hydrogens (primary N) is 2. The number of carbonyl (C=O) groups excluding carboxylic acids is 1. The van der Waals surface area contributed by atoms with Crippen molar-refractivity contribution >= 4 is 16.7 Å². The van der Waals surface area contributed by atoms with Crippen LogP contribution in [0.2, 0.25) is 0 Å². The van der Waals surface area contributed by atoms with Crippen LogP contribution < -0.4 is 21.7 Å². The maximum atomic E-state index is 11.2.